The van der Waals surface area contributed by atoms with Crippen LogP contribution in [0.3, 0.4) is 0 Å². The highest BCUT2D eigenvalue weighted by Gasteiger charge is 2.55. The highest BCUT2D eigenvalue weighted by atomic mass is 35.5. The molecule has 6 amide bonds. The lowest BCUT2D eigenvalue weighted by molar-refractivity contribution is -0.138. The summed E-state index contributed by atoms with van der Waals surface area (Å²) in [5.74, 6) is -1.55. The first-order chi connectivity index (χ1) is 27.5. The Hall–Kier alpha value is -4.21. The monoisotopic (exact) mass is 861 g/mol. The lowest BCUT2D eigenvalue weighted by atomic mass is 9.89. The Bertz CT molecular complexity index is 1930. The van der Waals surface area contributed by atoms with E-state index in [1.807, 2.05) is 12.1 Å². The summed E-state index contributed by atoms with van der Waals surface area (Å²) in [6.45, 7) is 10.8. The molecule has 1 unspecified atom stereocenters. The van der Waals surface area contributed by atoms with E-state index in [-0.39, 0.29) is 71.7 Å². The summed E-state index contributed by atoms with van der Waals surface area (Å²) in [5, 5.41) is 14.5. The number of imide groups is 2. The van der Waals surface area contributed by atoms with Crippen molar-refractivity contribution in [3.8, 4) is 6.07 Å². The van der Waals surface area contributed by atoms with Crippen LogP contribution in [0, 0.1) is 11.3 Å². The highest BCUT2D eigenvalue weighted by Crippen LogP contribution is 2.42. The van der Waals surface area contributed by atoms with Gasteiger partial charge in [0.2, 0.25) is 17.7 Å². The molecule has 3 aliphatic heterocycles. The van der Waals surface area contributed by atoms with Crippen molar-refractivity contribution in [2.45, 2.75) is 119 Å². The number of nitriles is 1. The van der Waals surface area contributed by atoms with Crippen molar-refractivity contribution in [3.05, 3.63) is 59.2 Å². The zero-order valence-corrected chi connectivity index (χ0v) is 35.2. The summed E-state index contributed by atoms with van der Waals surface area (Å²) in [5.41, 5.74) is -1.38. The summed E-state index contributed by atoms with van der Waals surface area (Å²) in [7, 11) is 0. The van der Waals surface area contributed by atoms with E-state index in [0.717, 1.165) is 48.1 Å². The van der Waals surface area contributed by atoms with Gasteiger partial charge in [0.05, 0.1) is 35.8 Å². The normalized spacial score (nSPS) is 25.4. The Morgan fingerprint density at radius 3 is 2.27 bits per heavy atom. The molecule has 4 aliphatic rings. The Balaban J connectivity index is 0.00000661. The molecule has 2 N–H and O–H groups in total. The number of hydrogen-bond donors (Lipinski definition) is 2. The fourth-order valence-corrected chi connectivity index (χ4v) is 9.61. The van der Waals surface area contributed by atoms with Crippen LogP contribution in [0.1, 0.15) is 95.2 Å². The molecular weight excluding hydrogens is 811 g/mol. The quantitative estimate of drug-likeness (QED) is 0.107. The van der Waals surface area contributed by atoms with Crippen LogP contribution < -0.4 is 10.6 Å². The van der Waals surface area contributed by atoms with Crippen LogP contribution in [0.25, 0.3) is 0 Å². The van der Waals surface area contributed by atoms with Gasteiger partial charge in [-0.15, -0.1) is 12.4 Å². The number of anilines is 1. The van der Waals surface area contributed by atoms with E-state index in [1.54, 1.807) is 36.9 Å². The van der Waals surface area contributed by atoms with E-state index in [9.17, 15) is 37.1 Å². The van der Waals surface area contributed by atoms with Crippen molar-refractivity contribution in [2.75, 3.05) is 38.1 Å². The maximum absolute atomic E-state index is 13.6. The number of piperazine rings is 1. The molecule has 59 heavy (non-hydrogen) atoms. The molecular formula is C41H51ClF3N7O6S. The number of amides is 6. The Morgan fingerprint density at radius 1 is 1.00 bits per heavy atom. The smallest absolute Gasteiger partial charge is 0.378 e. The Labute approximate surface area is 352 Å². The van der Waals surface area contributed by atoms with Crippen molar-refractivity contribution < 1.29 is 41.9 Å². The minimum absolute atomic E-state index is 0. The number of nitrogens with zero attached hydrogens (tertiary/aromatic N) is 5. The van der Waals surface area contributed by atoms with Gasteiger partial charge in [0, 0.05) is 61.4 Å². The molecule has 3 heterocycles. The number of rotatable bonds is 12. The molecule has 0 bridgehead atoms. The minimum atomic E-state index is -4.76. The molecule has 0 aromatic heterocycles. The fraction of sp³-hybridized carbons (Fsp3) is 0.561. The number of nitrogens with one attached hydrogen (secondary N) is 2. The summed E-state index contributed by atoms with van der Waals surface area (Å²) >= 11 is 0.637. The molecule has 1 aliphatic carbocycles. The van der Waals surface area contributed by atoms with Crippen LogP contribution >= 0.6 is 24.4 Å². The second-order valence-electron chi connectivity index (χ2n) is 16.2. The number of piperidine rings is 1. The van der Waals surface area contributed by atoms with Crippen molar-refractivity contribution in [1.29, 1.82) is 5.26 Å². The van der Waals surface area contributed by atoms with E-state index in [0.29, 0.717) is 62.8 Å². The minimum Gasteiger partial charge on any atom is -0.378 e. The molecule has 0 spiro atoms. The van der Waals surface area contributed by atoms with Crippen molar-refractivity contribution in [3.63, 3.8) is 0 Å². The van der Waals surface area contributed by atoms with Gasteiger partial charge < -0.3 is 19.9 Å². The summed E-state index contributed by atoms with van der Waals surface area (Å²) in [4.78, 5) is 69.9. The predicted octanol–water partition coefficient (Wildman–Crippen LogP) is 6.32. The molecule has 4 fully saturated rings. The van der Waals surface area contributed by atoms with E-state index in [1.165, 1.54) is 6.07 Å². The van der Waals surface area contributed by atoms with Crippen molar-refractivity contribution in [1.82, 2.24) is 24.3 Å². The van der Waals surface area contributed by atoms with E-state index in [2.05, 4.69) is 34.3 Å². The number of hydrogen-bond acceptors (Lipinski definition) is 10. The summed E-state index contributed by atoms with van der Waals surface area (Å²) in [6.07, 6.45) is -0.489. The molecule has 13 nitrogen and oxygen atoms in total. The van der Waals surface area contributed by atoms with Gasteiger partial charge in [0.1, 0.15) is 5.54 Å². The Morgan fingerprint density at radius 2 is 1.66 bits per heavy atom. The largest absolute Gasteiger partial charge is 0.417 e. The van der Waals surface area contributed by atoms with Gasteiger partial charge in [-0.05, 0) is 114 Å². The second kappa shape index (κ2) is 19.0. The third-order valence-corrected chi connectivity index (χ3v) is 12.6. The van der Waals surface area contributed by atoms with E-state index in [4.69, 9.17) is 10.00 Å². The van der Waals surface area contributed by atoms with E-state index < -0.39 is 34.8 Å². The molecule has 3 atom stereocenters. The van der Waals surface area contributed by atoms with Crippen LogP contribution in [-0.4, -0.2) is 111 Å². The molecule has 3 saturated heterocycles. The summed E-state index contributed by atoms with van der Waals surface area (Å²) in [6, 6.07) is 11.4. The topological polar surface area (TPSA) is 155 Å². The van der Waals surface area contributed by atoms with Gasteiger partial charge in [-0.2, -0.15) is 22.7 Å². The van der Waals surface area contributed by atoms with Gasteiger partial charge in [-0.25, -0.2) is 4.79 Å². The number of carbonyl (C=O) groups excluding carboxylic acids is 5. The first-order valence-corrected chi connectivity index (χ1v) is 20.5. The SMILES string of the molecule is C[C@@H]1CN(CCCOC2CCC(N3C(=O)N(Sc4ccc(C#N)c(C(F)(F)F)c4)C(=O)C3(C)C)CC2)C[C@H](C)N1CC(=O)Nc1ccc(C2CCC(=O)NC2=O)cc1.Cl. The molecule has 18 heteroatoms. The number of benzene rings is 2. The maximum atomic E-state index is 13.6. The van der Waals surface area contributed by atoms with Crippen molar-refractivity contribution >= 4 is 59.7 Å². The van der Waals surface area contributed by atoms with Crippen LogP contribution in [0.5, 0.6) is 0 Å². The average molecular weight is 862 g/mol. The zero-order valence-electron chi connectivity index (χ0n) is 33.5. The van der Waals surface area contributed by atoms with E-state index >= 15 is 0 Å². The molecule has 0 radical (unpaired) electrons. The number of alkyl halides is 3. The highest BCUT2D eigenvalue weighted by molar-refractivity contribution is 7.98. The lowest BCUT2D eigenvalue weighted by Crippen LogP contribution is -2.58. The molecule has 2 aromatic rings. The second-order valence-corrected chi connectivity index (χ2v) is 17.2. The lowest BCUT2D eigenvalue weighted by Gasteiger charge is -2.44. The number of ether oxygens (including phenoxy) is 1. The zero-order chi connectivity index (χ0) is 41.9. The average Bonchev–Trinajstić information content (AvgIpc) is 3.33. The number of carbonyl (C=O) groups is 5. The molecule has 320 valence electrons. The predicted molar refractivity (Wildman–Crippen MR) is 216 cm³/mol. The third kappa shape index (κ3) is 10.6. The molecule has 2 aromatic carbocycles. The van der Waals surface area contributed by atoms with Gasteiger partial charge >= 0.3 is 12.2 Å². The molecule has 1 saturated carbocycles. The van der Waals surface area contributed by atoms with Crippen LogP contribution in [0.15, 0.2) is 47.4 Å². The first kappa shape index (κ1) is 45.9. The van der Waals surface area contributed by atoms with Gasteiger partial charge in [-0.1, -0.05) is 12.1 Å². The summed E-state index contributed by atoms with van der Waals surface area (Å²) < 4.78 is 47.8. The standard InChI is InChI=1S/C41H50F3N7O6S.ClH/c1-25-22-48(23-26(2)49(25)24-36(53)46-29-9-6-27(7-10-29)33-16-17-35(52)47-37(33)54)18-5-19-57-31-13-11-30(12-14-31)50-39(56)51(38(55)40(50,3)4)58-32-15-8-28(21-45)34(20-32)41(42,43)44;/h6-10,15,20,25-26,30-31,33H,5,11-14,16-19,22-24H2,1-4H3,(H,46,53)(H,47,52,54);1H/t25-,26+,30?,31?,33?;. The molecule has 6 rings (SSSR count). The van der Waals surface area contributed by atoms with Crippen LogP contribution in [-0.2, 0) is 30.1 Å². The van der Waals surface area contributed by atoms with Gasteiger partial charge in [0.15, 0.2) is 0 Å². The fourth-order valence-electron chi connectivity index (χ4n) is 8.63. The van der Waals surface area contributed by atoms with Crippen LogP contribution in [0.2, 0.25) is 0 Å². The van der Waals surface area contributed by atoms with Gasteiger partial charge in [-0.3, -0.25) is 29.4 Å². The third-order valence-electron chi connectivity index (χ3n) is 11.6. The Kier molecular flexibility index (Phi) is 14.8. The van der Waals surface area contributed by atoms with Gasteiger partial charge in [0.25, 0.3) is 5.91 Å². The maximum Gasteiger partial charge on any atom is 0.417 e. The number of urea groups is 1. The number of halogens is 4. The van der Waals surface area contributed by atoms with Crippen molar-refractivity contribution in [2.24, 2.45) is 0 Å². The first-order valence-electron chi connectivity index (χ1n) is 19.8. The van der Waals surface area contributed by atoms with Crippen LogP contribution in [0.4, 0.5) is 23.7 Å².